The second-order valence-corrected chi connectivity index (χ2v) is 5.80. The molecule has 2 aromatic rings. The normalized spacial score (nSPS) is 13.2. The summed E-state index contributed by atoms with van der Waals surface area (Å²) in [5, 5.41) is 2.90. The van der Waals surface area contributed by atoms with Gasteiger partial charge in [0.1, 0.15) is 0 Å². The van der Waals surface area contributed by atoms with Gasteiger partial charge in [-0.25, -0.2) is 0 Å². The molecule has 2 aromatic carbocycles. The summed E-state index contributed by atoms with van der Waals surface area (Å²) in [5.74, 6) is -0.0581. The standard InChI is InChI=1S/C18H18N2O2/c1-11-6-12(2)8-14(7-11)18(22)19-15-4-5-16-13(9-15)10-17(21)20(16)3/h4-9H,10H2,1-3H3,(H,19,22). The number of rotatable bonds is 2. The molecule has 4 nitrogen and oxygen atoms in total. The molecular weight excluding hydrogens is 276 g/mol. The molecule has 22 heavy (non-hydrogen) atoms. The maximum atomic E-state index is 12.4. The van der Waals surface area contributed by atoms with Crippen LogP contribution in [0.15, 0.2) is 36.4 Å². The van der Waals surface area contributed by atoms with Crippen LogP contribution in [-0.2, 0) is 11.2 Å². The van der Waals surface area contributed by atoms with Gasteiger partial charge in [-0.2, -0.15) is 0 Å². The first-order valence-corrected chi connectivity index (χ1v) is 7.23. The van der Waals surface area contributed by atoms with Crippen molar-refractivity contribution in [1.29, 1.82) is 0 Å². The van der Waals surface area contributed by atoms with Crippen LogP contribution in [0.25, 0.3) is 0 Å². The zero-order chi connectivity index (χ0) is 15.9. The number of nitrogens with zero attached hydrogens (tertiary/aromatic N) is 1. The number of carbonyl (C=O) groups excluding carboxylic acids is 2. The van der Waals surface area contributed by atoms with Crippen molar-refractivity contribution in [1.82, 2.24) is 0 Å². The molecule has 0 radical (unpaired) electrons. The van der Waals surface area contributed by atoms with E-state index >= 15 is 0 Å². The predicted octanol–water partition coefficient (Wildman–Crippen LogP) is 3.07. The highest BCUT2D eigenvalue weighted by atomic mass is 16.2. The predicted molar refractivity (Wildman–Crippen MR) is 87.4 cm³/mol. The van der Waals surface area contributed by atoms with Gasteiger partial charge in [-0.1, -0.05) is 17.2 Å². The van der Waals surface area contributed by atoms with Crippen LogP contribution < -0.4 is 10.2 Å². The zero-order valence-corrected chi connectivity index (χ0v) is 12.9. The van der Waals surface area contributed by atoms with Gasteiger partial charge < -0.3 is 10.2 Å². The van der Waals surface area contributed by atoms with Crippen molar-refractivity contribution in [2.24, 2.45) is 0 Å². The van der Waals surface area contributed by atoms with Crippen molar-refractivity contribution in [3.05, 3.63) is 58.7 Å². The number of aryl methyl sites for hydroxylation is 2. The first-order valence-electron chi connectivity index (χ1n) is 7.23. The van der Waals surface area contributed by atoms with Gasteiger partial charge >= 0.3 is 0 Å². The van der Waals surface area contributed by atoms with Crippen molar-refractivity contribution in [3.8, 4) is 0 Å². The van der Waals surface area contributed by atoms with E-state index in [-0.39, 0.29) is 11.8 Å². The maximum absolute atomic E-state index is 12.4. The number of anilines is 2. The van der Waals surface area contributed by atoms with Crippen LogP contribution in [0.3, 0.4) is 0 Å². The topological polar surface area (TPSA) is 49.4 Å². The first-order chi connectivity index (χ1) is 10.4. The Kier molecular flexibility index (Phi) is 3.45. The lowest BCUT2D eigenvalue weighted by atomic mass is 10.1. The minimum absolute atomic E-state index is 0.0767. The van der Waals surface area contributed by atoms with Crippen LogP contribution in [0.4, 0.5) is 11.4 Å². The number of carbonyl (C=O) groups is 2. The molecule has 0 bridgehead atoms. The molecule has 1 aliphatic heterocycles. The van der Waals surface area contributed by atoms with Crippen molar-refractivity contribution < 1.29 is 9.59 Å². The summed E-state index contributed by atoms with van der Waals surface area (Å²) in [6.45, 7) is 3.95. The van der Waals surface area contributed by atoms with Gasteiger partial charge in [-0.3, -0.25) is 9.59 Å². The highest BCUT2D eigenvalue weighted by Crippen LogP contribution is 2.30. The van der Waals surface area contributed by atoms with E-state index in [4.69, 9.17) is 0 Å². The summed E-state index contributed by atoms with van der Waals surface area (Å²) >= 11 is 0. The third-order valence-corrected chi connectivity index (χ3v) is 3.90. The molecule has 0 aromatic heterocycles. The Hall–Kier alpha value is -2.62. The minimum Gasteiger partial charge on any atom is -0.322 e. The average molecular weight is 294 g/mol. The minimum atomic E-state index is -0.135. The average Bonchev–Trinajstić information content (AvgIpc) is 2.72. The summed E-state index contributed by atoms with van der Waals surface area (Å²) < 4.78 is 0. The SMILES string of the molecule is Cc1cc(C)cc(C(=O)Nc2ccc3c(c2)CC(=O)N3C)c1. The lowest BCUT2D eigenvalue weighted by Crippen LogP contribution is -2.20. The fourth-order valence-electron chi connectivity index (χ4n) is 2.86. The molecule has 0 saturated heterocycles. The molecule has 4 heteroatoms. The molecule has 0 saturated carbocycles. The van der Waals surface area contributed by atoms with Crippen molar-refractivity contribution in [2.45, 2.75) is 20.3 Å². The van der Waals surface area contributed by atoms with Gasteiger partial charge in [-0.05, 0) is 49.7 Å². The summed E-state index contributed by atoms with van der Waals surface area (Å²) in [5.41, 5.74) is 5.34. The molecule has 112 valence electrons. The van der Waals surface area contributed by atoms with Gasteiger partial charge in [0.25, 0.3) is 5.91 Å². The Balaban J connectivity index is 1.83. The van der Waals surface area contributed by atoms with Crippen LogP contribution in [0.5, 0.6) is 0 Å². The van der Waals surface area contributed by atoms with Crippen molar-refractivity contribution in [2.75, 3.05) is 17.3 Å². The highest BCUT2D eigenvalue weighted by molar-refractivity contribution is 6.06. The number of nitrogens with one attached hydrogen (secondary N) is 1. The fourth-order valence-corrected chi connectivity index (χ4v) is 2.86. The molecule has 0 unspecified atom stereocenters. The third kappa shape index (κ3) is 2.60. The summed E-state index contributed by atoms with van der Waals surface area (Å²) in [6, 6.07) is 11.3. The largest absolute Gasteiger partial charge is 0.322 e. The molecule has 1 heterocycles. The van der Waals surface area contributed by atoms with Crippen molar-refractivity contribution >= 4 is 23.2 Å². The van der Waals surface area contributed by atoms with E-state index in [0.29, 0.717) is 17.7 Å². The Morgan fingerprint density at radius 2 is 1.77 bits per heavy atom. The van der Waals surface area contributed by atoms with E-state index in [1.807, 2.05) is 50.2 Å². The van der Waals surface area contributed by atoms with Gasteiger partial charge in [0.05, 0.1) is 6.42 Å². The van der Waals surface area contributed by atoms with Gasteiger partial charge in [-0.15, -0.1) is 0 Å². The smallest absolute Gasteiger partial charge is 0.255 e. The quantitative estimate of drug-likeness (QED) is 0.925. The van der Waals surface area contributed by atoms with Crippen LogP contribution in [-0.4, -0.2) is 18.9 Å². The van der Waals surface area contributed by atoms with Gasteiger partial charge in [0.15, 0.2) is 0 Å². The zero-order valence-electron chi connectivity index (χ0n) is 12.9. The molecule has 0 spiro atoms. The molecule has 3 rings (SSSR count). The number of hydrogen-bond donors (Lipinski definition) is 1. The lowest BCUT2D eigenvalue weighted by Gasteiger charge is -2.11. The monoisotopic (exact) mass is 294 g/mol. The van der Waals surface area contributed by atoms with Crippen molar-refractivity contribution in [3.63, 3.8) is 0 Å². The van der Waals surface area contributed by atoms with E-state index in [2.05, 4.69) is 5.32 Å². The molecule has 0 aliphatic carbocycles. The molecule has 2 amide bonds. The highest BCUT2D eigenvalue weighted by Gasteiger charge is 2.24. The molecule has 1 aliphatic rings. The van der Waals surface area contributed by atoms with Crippen LogP contribution >= 0.6 is 0 Å². The summed E-state index contributed by atoms with van der Waals surface area (Å²) in [4.78, 5) is 25.7. The Morgan fingerprint density at radius 1 is 1.09 bits per heavy atom. The van der Waals surface area contributed by atoms with Crippen LogP contribution in [0.1, 0.15) is 27.0 Å². The van der Waals surface area contributed by atoms with E-state index < -0.39 is 0 Å². The number of hydrogen-bond acceptors (Lipinski definition) is 2. The second kappa shape index (κ2) is 5.30. The van der Waals surface area contributed by atoms with E-state index in [0.717, 1.165) is 22.4 Å². The number of benzene rings is 2. The van der Waals surface area contributed by atoms with Crippen LogP contribution in [0, 0.1) is 13.8 Å². The Bertz CT molecular complexity index is 760. The molecule has 0 fully saturated rings. The maximum Gasteiger partial charge on any atom is 0.255 e. The number of amides is 2. The van der Waals surface area contributed by atoms with Crippen LogP contribution in [0.2, 0.25) is 0 Å². The van der Waals surface area contributed by atoms with E-state index in [1.165, 1.54) is 0 Å². The fraction of sp³-hybridized carbons (Fsp3) is 0.222. The van der Waals surface area contributed by atoms with E-state index in [9.17, 15) is 9.59 Å². The summed E-state index contributed by atoms with van der Waals surface area (Å²) in [7, 11) is 1.77. The second-order valence-electron chi connectivity index (χ2n) is 5.80. The molecule has 1 N–H and O–H groups in total. The Morgan fingerprint density at radius 3 is 2.45 bits per heavy atom. The van der Waals surface area contributed by atoms with Gasteiger partial charge in [0, 0.05) is 24.0 Å². The lowest BCUT2D eigenvalue weighted by molar-refractivity contribution is -0.117. The summed E-state index contributed by atoms with van der Waals surface area (Å²) in [6.07, 6.45) is 0.388. The first kappa shape index (κ1) is 14.3. The van der Waals surface area contributed by atoms with E-state index in [1.54, 1.807) is 11.9 Å². The van der Waals surface area contributed by atoms with Gasteiger partial charge in [0.2, 0.25) is 5.91 Å². The molecular formula is C18H18N2O2. The number of fused-ring (bicyclic) bond motifs is 1. The Labute approximate surface area is 129 Å². The third-order valence-electron chi connectivity index (χ3n) is 3.90. The molecule has 0 atom stereocenters. The number of likely N-dealkylation sites (N-methyl/N-ethyl adjacent to an activating group) is 1.